The standard InChI is InChI=1S/C28H36FN3O4SSi/c1-17(2)38(18(3)4,19(5)6)36-27-24-23(16-32(28(24)33)15-20-10-12-21(29)13-11-20)25(31-37(7,34)35)22-9-8-14-30-26(22)27/h8-14,16-19,31,33H,15H2,1-7H3. The summed E-state index contributed by atoms with van der Waals surface area (Å²) in [5.41, 5.74) is 2.37. The lowest BCUT2D eigenvalue weighted by Gasteiger charge is -2.42. The molecule has 0 atom stereocenters. The van der Waals surface area contributed by atoms with Gasteiger partial charge in [0.15, 0.2) is 0 Å². The van der Waals surface area contributed by atoms with Gasteiger partial charge < -0.3 is 14.1 Å². The highest BCUT2D eigenvalue weighted by atomic mass is 32.2. The number of hydrogen-bond acceptors (Lipinski definition) is 5. The van der Waals surface area contributed by atoms with Crippen molar-refractivity contribution in [1.82, 2.24) is 9.55 Å². The Kier molecular flexibility index (Phi) is 7.51. The molecule has 4 aromatic rings. The molecule has 0 bridgehead atoms. The maximum absolute atomic E-state index is 13.5. The van der Waals surface area contributed by atoms with Gasteiger partial charge in [0, 0.05) is 23.2 Å². The first-order valence-corrected chi connectivity index (χ1v) is 16.8. The number of rotatable bonds is 9. The molecule has 2 aromatic heterocycles. The van der Waals surface area contributed by atoms with E-state index in [1.165, 1.54) is 12.1 Å². The number of fused-ring (bicyclic) bond motifs is 2. The SMILES string of the molecule is CC(C)[Si](Oc1c2ncccc2c(NS(C)(=O)=O)c2cn(Cc3ccc(F)cc3)c(O)c12)(C(C)C)C(C)C. The van der Waals surface area contributed by atoms with E-state index in [0.717, 1.165) is 11.8 Å². The third-order valence-corrected chi connectivity index (χ3v) is 13.9. The summed E-state index contributed by atoms with van der Waals surface area (Å²) in [6.07, 6.45) is 4.44. The number of benzene rings is 2. The van der Waals surface area contributed by atoms with Gasteiger partial charge in [0.25, 0.3) is 8.32 Å². The number of nitrogens with zero attached hydrogens (tertiary/aromatic N) is 2. The Balaban J connectivity index is 2.09. The zero-order valence-corrected chi connectivity index (χ0v) is 24.7. The van der Waals surface area contributed by atoms with Crippen molar-refractivity contribution in [2.24, 2.45) is 0 Å². The second-order valence-corrected chi connectivity index (χ2v) is 18.0. The first kappa shape index (κ1) is 27.9. The first-order valence-electron chi connectivity index (χ1n) is 12.8. The minimum Gasteiger partial charge on any atom is -0.541 e. The van der Waals surface area contributed by atoms with Crippen LogP contribution in [0.25, 0.3) is 21.7 Å². The van der Waals surface area contributed by atoms with Gasteiger partial charge >= 0.3 is 0 Å². The Hall–Kier alpha value is -3.11. The van der Waals surface area contributed by atoms with Crippen molar-refractivity contribution in [2.45, 2.75) is 64.7 Å². The molecule has 2 aromatic carbocycles. The zero-order valence-electron chi connectivity index (χ0n) is 22.9. The molecule has 0 saturated heterocycles. The van der Waals surface area contributed by atoms with Crippen LogP contribution >= 0.6 is 0 Å². The average Bonchev–Trinajstić information content (AvgIpc) is 3.14. The quantitative estimate of drug-likeness (QED) is 0.216. The summed E-state index contributed by atoms with van der Waals surface area (Å²) in [7, 11) is -6.16. The largest absolute Gasteiger partial charge is 0.541 e. The minimum atomic E-state index is -3.66. The number of sulfonamides is 1. The Morgan fingerprint density at radius 1 is 1.03 bits per heavy atom. The predicted molar refractivity (Wildman–Crippen MR) is 155 cm³/mol. The van der Waals surface area contributed by atoms with Crippen LogP contribution in [0.4, 0.5) is 10.1 Å². The molecule has 0 unspecified atom stereocenters. The van der Waals surface area contributed by atoms with Gasteiger partial charge in [-0.05, 0) is 46.5 Å². The fourth-order valence-electron chi connectivity index (χ4n) is 5.84. The lowest BCUT2D eigenvalue weighted by molar-refractivity contribution is 0.427. The lowest BCUT2D eigenvalue weighted by Crippen LogP contribution is -2.50. The summed E-state index contributed by atoms with van der Waals surface area (Å²) >= 11 is 0. The predicted octanol–water partition coefficient (Wildman–Crippen LogP) is 7.01. The molecule has 0 aliphatic heterocycles. The van der Waals surface area contributed by atoms with Gasteiger partial charge in [-0.3, -0.25) is 9.71 Å². The second kappa shape index (κ2) is 10.2. The number of pyridine rings is 1. The Morgan fingerprint density at radius 3 is 2.18 bits per heavy atom. The fourth-order valence-corrected chi connectivity index (χ4v) is 11.7. The fraction of sp³-hybridized carbons (Fsp3) is 0.393. The molecule has 2 heterocycles. The summed E-state index contributed by atoms with van der Waals surface area (Å²) in [4.78, 5) is 4.63. The Labute approximate surface area is 224 Å². The Bertz CT molecular complexity index is 1560. The van der Waals surface area contributed by atoms with Crippen LogP contribution in [-0.4, -0.2) is 37.6 Å². The third kappa shape index (κ3) is 4.99. The molecule has 204 valence electrons. The summed E-state index contributed by atoms with van der Waals surface area (Å²) in [5.74, 6) is 0.0519. The molecule has 2 N–H and O–H groups in total. The van der Waals surface area contributed by atoms with Crippen molar-refractivity contribution in [2.75, 3.05) is 11.0 Å². The van der Waals surface area contributed by atoms with Crippen LogP contribution in [0.2, 0.25) is 16.6 Å². The van der Waals surface area contributed by atoms with Gasteiger partial charge in [0.05, 0.1) is 23.9 Å². The van der Waals surface area contributed by atoms with Crippen LogP contribution in [0, 0.1) is 5.82 Å². The third-order valence-electron chi connectivity index (χ3n) is 7.38. The molecule has 10 heteroatoms. The molecule has 0 radical (unpaired) electrons. The maximum atomic E-state index is 13.5. The topological polar surface area (TPSA) is 93.5 Å². The first-order chi connectivity index (χ1) is 17.8. The van der Waals surface area contributed by atoms with E-state index in [1.807, 2.05) is 0 Å². The normalized spacial score (nSPS) is 12.8. The highest BCUT2D eigenvalue weighted by molar-refractivity contribution is 7.92. The number of anilines is 1. The van der Waals surface area contributed by atoms with E-state index in [2.05, 4.69) is 51.2 Å². The van der Waals surface area contributed by atoms with Crippen LogP contribution in [0.5, 0.6) is 11.6 Å². The number of aromatic nitrogens is 2. The van der Waals surface area contributed by atoms with Crippen LogP contribution < -0.4 is 9.15 Å². The van der Waals surface area contributed by atoms with Gasteiger partial charge in [-0.15, -0.1) is 0 Å². The molecule has 0 aliphatic carbocycles. The maximum Gasteiger partial charge on any atom is 0.258 e. The van der Waals surface area contributed by atoms with E-state index in [4.69, 9.17) is 4.43 Å². The van der Waals surface area contributed by atoms with Crippen molar-refractivity contribution in [3.8, 4) is 11.6 Å². The van der Waals surface area contributed by atoms with E-state index in [-0.39, 0.29) is 34.9 Å². The highest BCUT2D eigenvalue weighted by Gasteiger charge is 2.48. The number of aromatic hydroxyl groups is 1. The van der Waals surface area contributed by atoms with Crippen LogP contribution in [0.3, 0.4) is 0 Å². The molecule has 0 spiro atoms. The van der Waals surface area contributed by atoms with Crippen molar-refractivity contribution < 1.29 is 22.3 Å². The van der Waals surface area contributed by atoms with E-state index in [0.29, 0.717) is 33.1 Å². The number of halogens is 1. The molecule has 4 rings (SSSR count). The highest BCUT2D eigenvalue weighted by Crippen LogP contribution is 2.50. The van der Waals surface area contributed by atoms with Crippen molar-refractivity contribution in [1.29, 1.82) is 0 Å². The summed E-state index contributed by atoms with van der Waals surface area (Å²) in [6, 6.07) is 9.59. The average molecular weight is 558 g/mol. The molecule has 0 aliphatic rings. The molecule has 0 saturated carbocycles. The van der Waals surface area contributed by atoms with Gasteiger partial charge in [0.1, 0.15) is 17.1 Å². The van der Waals surface area contributed by atoms with Gasteiger partial charge in [-0.2, -0.15) is 0 Å². The van der Waals surface area contributed by atoms with E-state index >= 15 is 0 Å². The van der Waals surface area contributed by atoms with E-state index in [1.54, 1.807) is 41.2 Å². The molecule has 0 amide bonds. The summed E-state index contributed by atoms with van der Waals surface area (Å²) < 4.78 is 49.8. The zero-order chi connectivity index (χ0) is 28.0. The second-order valence-electron chi connectivity index (χ2n) is 10.9. The van der Waals surface area contributed by atoms with E-state index < -0.39 is 18.3 Å². The van der Waals surface area contributed by atoms with Gasteiger partial charge in [-0.25, -0.2) is 12.8 Å². The van der Waals surface area contributed by atoms with Crippen molar-refractivity contribution >= 4 is 45.7 Å². The minimum absolute atomic E-state index is 0.0670. The lowest BCUT2D eigenvalue weighted by atomic mass is 10.1. The summed E-state index contributed by atoms with van der Waals surface area (Å²) in [5, 5.41) is 13.1. The van der Waals surface area contributed by atoms with Crippen LogP contribution in [-0.2, 0) is 16.6 Å². The Morgan fingerprint density at radius 2 is 1.63 bits per heavy atom. The van der Waals surface area contributed by atoms with Crippen LogP contribution in [0.15, 0.2) is 48.8 Å². The van der Waals surface area contributed by atoms with Crippen LogP contribution in [0.1, 0.15) is 47.1 Å². The molecular formula is C28H36FN3O4SSi. The molecule has 7 nitrogen and oxygen atoms in total. The van der Waals surface area contributed by atoms with Gasteiger partial charge in [0.2, 0.25) is 15.9 Å². The molecule has 38 heavy (non-hydrogen) atoms. The monoisotopic (exact) mass is 557 g/mol. The van der Waals surface area contributed by atoms with Crippen molar-refractivity contribution in [3.05, 3.63) is 60.2 Å². The molecule has 0 fully saturated rings. The van der Waals surface area contributed by atoms with E-state index in [9.17, 15) is 17.9 Å². The summed E-state index contributed by atoms with van der Waals surface area (Å²) in [6.45, 7) is 13.3. The van der Waals surface area contributed by atoms with Crippen molar-refractivity contribution in [3.63, 3.8) is 0 Å². The molecular weight excluding hydrogens is 521 g/mol. The number of nitrogens with one attached hydrogen (secondary N) is 1. The number of hydrogen-bond donors (Lipinski definition) is 2. The van der Waals surface area contributed by atoms with Gasteiger partial charge in [-0.1, -0.05) is 53.7 Å². The smallest absolute Gasteiger partial charge is 0.258 e.